The largest absolute Gasteiger partial charge is 0.416 e. The Kier molecular flexibility index (Phi) is 3.65. The number of benzene rings is 1. The summed E-state index contributed by atoms with van der Waals surface area (Å²) < 4.78 is 37.8. The lowest BCUT2D eigenvalue weighted by Gasteiger charge is -2.16. The first-order chi connectivity index (χ1) is 8.52. The molecule has 0 saturated carbocycles. The van der Waals surface area contributed by atoms with Gasteiger partial charge in [-0.05, 0) is 17.7 Å². The Morgan fingerprint density at radius 2 is 2.11 bits per heavy atom. The van der Waals surface area contributed by atoms with Gasteiger partial charge in [0.1, 0.15) is 0 Å². The fourth-order valence-electron chi connectivity index (χ4n) is 1.61. The van der Waals surface area contributed by atoms with E-state index in [4.69, 9.17) is 5.84 Å². The second-order valence-corrected chi connectivity index (χ2v) is 4.35. The molecule has 0 bridgehead atoms. The zero-order chi connectivity index (χ0) is 13.2. The van der Waals surface area contributed by atoms with Crippen LogP contribution in [0.4, 0.5) is 13.2 Å². The Bertz CT molecular complexity index is 511. The zero-order valence-electron chi connectivity index (χ0n) is 9.11. The van der Waals surface area contributed by atoms with Crippen LogP contribution in [-0.4, -0.2) is 4.98 Å². The van der Waals surface area contributed by atoms with Gasteiger partial charge in [0.05, 0.1) is 22.8 Å². The number of nitrogens with zero attached hydrogens (tertiary/aromatic N) is 1. The second-order valence-electron chi connectivity index (χ2n) is 3.64. The van der Waals surface area contributed by atoms with E-state index in [0.717, 1.165) is 12.1 Å². The summed E-state index contributed by atoms with van der Waals surface area (Å²) in [5.74, 6) is 5.39. The molecule has 1 unspecified atom stereocenters. The molecule has 7 heteroatoms. The fraction of sp³-hybridized carbons (Fsp3) is 0.182. The number of rotatable bonds is 3. The van der Waals surface area contributed by atoms with Gasteiger partial charge in [-0.2, -0.15) is 13.2 Å². The first-order valence-corrected chi connectivity index (χ1v) is 5.98. The molecule has 0 amide bonds. The van der Waals surface area contributed by atoms with Crippen molar-refractivity contribution in [2.45, 2.75) is 12.2 Å². The lowest BCUT2D eigenvalue weighted by Crippen LogP contribution is -2.29. The molecule has 1 atom stereocenters. The van der Waals surface area contributed by atoms with E-state index in [1.54, 1.807) is 17.0 Å². The summed E-state index contributed by atoms with van der Waals surface area (Å²) >= 11 is 1.36. The average Bonchev–Trinajstić information content (AvgIpc) is 2.83. The maximum Gasteiger partial charge on any atom is 0.416 e. The molecule has 3 N–H and O–H groups in total. The molecule has 18 heavy (non-hydrogen) atoms. The van der Waals surface area contributed by atoms with Crippen molar-refractivity contribution < 1.29 is 13.2 Å². The van der Waals surface area contributed by atoms with Crippen LogP contribution in [0.3, 0.4) is 0 Å². The van der Waals surface area contributed by atoms with Gasteiger partial charge < -0.3 is 0 Å². The molecule has 0 aliphatic heterocycles. The first-order valence-electron chi connectivity index (χ1n) is 5.03. The molecular formula is C11H10F3N3S. The molecule has 2 rings (SSSR count). The highest BCUT2D eigenvalue weighted by atomic mass is 32.1. The first kappa shape index (κ1) is 13.0. The lowest BCUT2D eigenvalue weighted by molar-refractivity contribution is -0.137. The molecule has 1 aromatic heterocycles. The standard InChI is InChI=1S/C11H10F3N3S/c12-11(13,14)8-3-1-2-7(4-8)10(17-15)9-5-18-6-16-9/h1-6,10,17H,15H2. The van der Waals surface area contributed by atoms with E-state index in [-0.39, 0.29) is 0 Å². The third kappa shape index (κ3) is 2.69. The van der Waals surface area contributed by atoms with Crippen LogP contribution in [0.5, 0.6) is 0 Å². The van der Waals surface area contributed by atoms with Gasteiger partial charge in [-0.3, -0.25) is 5.84 Å². The Morgan fingerprint density at radius 3 is 2.67 bits per heavy atom. The molecule has 2 aromatic rings. The summed E-state index contributed by atoms with van der Waals surface area (Å²) in [6.45, 7) is 0. The number of nitrogens with one attached hydrogen (secondary N) is 1. The minimum absolute atomic E-state index is 0.429. The van der Waals surface area contributed by atoms with Crippen molar-refractivity contribution in [3.63, 3.8) is 0 Å². The quantitative estimate of drug-likeness (QED) is 0.668. The second kappa shape index (κ2) is 5.05. The number of thiazole rings is 1. The summed E-state index contributed by atoms with van der Waals surface area (Å²) in [6.07, 6.45) is -4.36. The molecule has 96 valence electrons. The highest BCUT2D eigenvalue weighted by molar-refractivity contribution is 7.07. The SMILES string of the molecule is NNC(c1cccc(C(F)(F)F)c1)c1cscn1. The molecule has 0 aliphatic rings. The maximum absolute atomic E-state index is 12.6. The van der Waals surface area contributed by atoms with Crippen LogP contribution < -0.4 is 11.3 Å². The third-order valence-electron chi connectivity index (χ3n) is 2.46. The normalized spacial score (nSPS) is 13.6. The van der Waals surface area contributed by atoms with Crippen LogP contribution >= 0.6 is 11.3 Å². The van der Waals surface area contributed by atoms with Crippen molar-refractivity contribution in [1.29, 1.82) is 0 Å². The van der Waals surface area contributed by atoms with E-state index in [9.17, 15) is 13.2 Å². The van der Waals surface area contributed by atoms with Crippen LogP contribution in [-0.2, 0) is 6.18 Å². The van der Waals surface area contributed by atoms with Gasteiger partial charge in [-0.1, -0.05) is 12.1 Å². The van der Waals surface area contributed by atoms with E-state index < -0.39 is 17.8 Å². The summed E-state index contributed by atoms with van der Waals surface area (Å²) in [7, 11) is 0. The number of halogens is 3. The predicted octanol–water partition coefficient (Wildman–Crippen LogP) is 2.71. The highest BCUT2D eigenvalue weighted by Crippen LogP contribution is 2.31. The molecule has 1 heterocycles. The number of aromatic nitrogens is 1. The van der Waals surface area contributed by atoms with Crippen molar-refractivity contribution in [2.24, 2.45) is 5.84 Å². The Balaban J connectivity index is 2.38. The van der Waals surface area contributed by atoms with Crippen LogP contribution in [0.1, 0.15) is 22.9 Å². The zero-order valence-corrected chi connectivity index (χ0v) is 9.92. The van der Waals surface area contributed by atoms with Crippen LogP contribution in [0, 0.1) is 0 Å². The van der Waals surface area contributed by atoms with Gasteiger partial charge in [-0.15, -0.1) is 11.3 Å². The number of alkyl halides is 3. The third-order valence-corrected chi connectivity index (χ3v) is 3.07. The van der Waals surface area contributed by atoms with Gasteiger partial charge in [0.25, 0.3) is 0 Å². The Morgan fingerprint density at radius 1 is 1.33 bits per heavy atom. The van der Waals surface area contributed by atoms with Crippen LogP contribution in [0.2, 0.25) is 0 Å². The van der Waals surface area contributed by atoms with Gasteiger partial charge in [0, 0.05) is 5.38 Å². The molecule has 1 aromatic carbocycles. The molecule has 0 spiro atoms. The van der Waals surface area contributed by atoms with Crippen LogP contribution in [0.25, 0.3) is 0 Å². The topological polar surface area (TPSA) is 50.9 Å². The highest BCUT2D eigenvalue weighted by Gasteiger charge is 2.31. The maximum atomic E-state index is 12.6. The summed E-state index contributed by atoms with van der Waals surface area (Å²) in [5, 5.41) is 1.74. The molecular weight excluding hydrogens is 263 g/mol. The van der Waals surface area contributed by atoms with Crippen molar-refractivity contribution in [2.75, 3.05) is 0 Å². The van der Waals surface area contributed by atoms with E-state index in [1.807, 2.05) is 0 Å². The predicted molar refractivity (Wildman–Crippen MR) is 62.7 cm³/mol. The van der Waals surface area contributed by atoms with Gasteiger partial charge in [-0.25, -0.2) is 10.4 Å². The van der Waals surface area contributed by atoms with Gasteiger partial charge in [0.2, 0.25) is 0 Å². The van der Waals surface area contributed by atoms with Crippen molar-refractivity contribution in [1.82, 2.24) is 10.4 Å². The number of hydrazine groups is 1. The van der Waals surface area contributed by atoms with Crippen molar-refractivity contribution in [3.05, 3.63) is 52.0 Å². The monoisotopic (exact) mass is 273 g/mol. The van der Waals surface area contributed by atoms with Gasteiger partial charge >= 0.3 is 6.18 Å². The minimum atomic E-state index is -4.36. The molecule has 0 fully saturated rings. The summed E-state index contributed by atoms with van der Waals surface area (Å²) in [4.78, 5) is 4.05. The Labute approximate surface area is 105 Å². The minimum Gasteiger partial charge on any atom is -0.271 e. The van der Waals surface area contributed by atoms with Gasteiger partial charge in [0.15, 0.2) is 0 Å². The van der Waals surface area contributed by atoms with E-state index in [2.05, 4.69) is 10.4 Å². The fourth-order valence-corrected chi connectivity index (χ4v) is 2.19. The number of nitrogens with two attached hydrogens (primary N) is 1. The number of hydrogen-bond donors (Lipinski definition) is 2. The average molecular weight is 273 g/mol. The molecule has 0 radical (unpaired) electrons. The van der Waals surface area contributed by atoms with E-state index in [1.165, 1.54) is 17.4 Å². The smallest absolute Gasteiger partial charge is 0.271 e. The number of hydrogen-bond acceptors (Lipinski definition) is 4. The van der Waals surface area contributed by atoms with E-state index >= 15 is 0 Å². The molecule has 3 nitrogen and oxygen atoms in total. The van der Waals surface area contributed by atoms with Crippen LogP contribution in [0.15, 0.2) is 35.2 Å². The van der Waals surface area contributed by atoms with E-state index in [0.29, 0.717) is 11.3 Å². The lowest BCUT2D eigenvalue weighted by atomic mass is 10.0. The summed E-state index contributed by atoms with van der Waals surface area (Å²) in [5.41, 5.74) is 4.41. The summed E-state index contributed by atoms with van der Waals surface area (Å²) in [6, 6.07) is 4.49. The Hall–Kier alpha value is -1.44. The van der Waals surface area contributed by atoms with Crippen molar-refractivity contribution >= 4 is 11.3 Å². The molecule has 0 aliphatic carbocycles. The molecule has 0 saturated heterocycles. The van der Waals surface area contributed by atoms with Crippen molar-refractivity contribution in [3.8, 4) is 0 Å².